The summed E-state index contributed by atoms with van der Waals surface area (Å²) in [5, 5.41) is 5.11. The Bertz CT molecular complexity index is 1090. The maximum absolute atomic E-state index is 13.2. The Morgan fingerprint density at radius 3 is 2.16 bits per heavy atom. The van der Waals surface area contributed by atoms with E-state index in [9.17, 15) is 23.2 Å². The molecule has 1 atom stereocenters. The topological polar surface area (TPSA) is 84.5 Å². The van der Waals surface area contributed by atoms with Crippen molar-refractivity contribution >= 4 is 23.5 Å². The first-order valence-electron chi connectivity index (χ1n) is 9.74. The quantitative estimate of drug-likeness (QED) is 0.521. The molecule has 0 spiro atoms. The smallest absolute Gasteiger partial charge is 0.308 e. The van der Waals surface area contributed by atoms with Gasteiger partial charge < -0.3 is 15.4 Å². The van der Waals surface area contributed by atoms with Crippen molar-refractivity contribution in [1.29, 1.82) is 0 Å². The molecule has 0 aliphatic rings. The van der Waals surface area contributed by atoms with Crippen LogP contribution in [0.1, 0.15) is 28.4 Å². The summed E-state index contributed by atoms with van der Waals surface area (Å²) in [6.45, 7) is -0.619. The molecule has 6 nitrogen and oxygen atoms in total. The molecule has 0 aromatic heterocycles. The number of esters is 1. The lowest BCUT2D eigenvalue weighted by Gasteiger charge is -2.19. The Morgan fingerprint density at radius 2 is 1.50 bits per heavy atom. The summed E-state index contributed by atoms with van der Waals surface area (Å²) >= 11 is 0. The highest BCUT2D eigenvalue weighted by Gasteiger charge is 2.20. The molecule has 32 heavy (non-hydrogen) atoms. The minimum atomic E-state index is -1.11. The summed E-state index contributed by atoms with van der Waals surface area (Å²) in [6.07, 6.45) is -0.207. The number of benzene rings is 3. The lowest BCUT2D eigenvalue weighted by Crippen LogP contribution is -2.31. The fraction of sp³-hybridized carbons (Fsp3) is 0.125. The first-order chi connectivity index (χ1) is 15.4. The molecule has 3 aromatic rings. The maximum atomic E-state index is 13.2. The van der Waals surface area contributed by atoms with Gasteiger partial charge in [-0.05, 0) is 29.8 Å². The number of carbonyl (C=O) groups is 3. The van der Waals surface area contributed by atoms with Crippen LogP contribution < -0.4 is 10.6 Å². The van der Waals surface area contributed by atoms with Gasteiger partial charge in [-0.25, -0.2) is 8.78 Å². The number of amides is 2. The largest absolute Gasteiger partial charge is 0.455 e. The molecule has 0 saturated carbocycles. The number of anilines is 1. The third-order valence-electron chi connectivity index (χ3n) is 4.48. The van der Waals surface area contributed by atoms with Gasteiger partial charge in [0.2, 0.25) is 0 Å². The van der Waals surface area contributed by atoms with Crippen LogP contribution in [0.25, 0.3) is 0 Å². The van der Waals surface area contributed by atoms with Crippen LogP contribution in [-0.2, 0) is 14.3 Å². The van der Waals surface area contributed by atoms with Crippen LogP contribution >= 0.6 is 0 Å². The number of nitrogens with one attached hydrogen (secondary N) is 2. The van der Waals surface area contributed by atoms with E-state index < -0.39 is 36.2 Å². The minimum absolute atomic E-state index is 0.0298. The van der Waals surface area contributed by atoms with Crippen molar-refractivity contribution in [2.45, 2.75) is 12.5 Å². The molecule has 3 rings (SSSR count). The molecule has 2 amide bonds. The highest BCUT2D eigenvalue weighted by Crippen LogP contribution is 2.18. The number of halogens is 2. The van der Waals surface area contributed by atoms with E-state index in [1.54, 1.807) is 60.7 Å². The normalized spacial score (nSPS) is 11.3. The van der Waals surface area contributed by atoms with Crippen molar-refractivity contribution in [1.82, 2.24) is 5.32 Å². The van der Waals surface area contributed by atoms with Crippen LogP contribution in [0.15, 0.2) is 78.9 Å². The summed E-state index contributed by atoms with van der Waals surface area (Å²) < 4.78 is 31.2. The number of rotatable bonds is 8. The number of hydrogen-bond donors (Lipinski definition) is 2. The van der Waals surface area contributed by atoms with Gasteiger partial charge in [0.05, 0.1) is 12.5 Å². The molecule has 0 bridgehead atoms. The van der Waals surface area contributed by atoms with Crippen molar-refractivity contribution < 1.29 is 27.9 Å². The second kappa shape index (κ2) is 10.8. The molecule has 3 aromatic carbocycles. The van der Waals surface area contributed by atoms with E-state index in [1.807, 2.05) is 0 Å². The van der Waals surface area contributed by atoms with Crippen LogP contribution in [0.4, 0.5) is 14.5 Å². The molecule has 0 aliphatic heterocycles. The summed E-state index contributed by atoms with van der Waals surface area (Å²) in [5.41, 5.74) is 1.16. The zero-order valence-electron chi connectivity index (χ0n) is 16.9. The van der Waals surface area contributed by atoms with Gasteiger partial charge >= 0.3 is 5.97 Å². The zero-order chi connectivity index (χ0) is 22.9. The van der Waals surface area contributed by atoms with Gasteiger partial charge in [0.1, 0.15) is 0 Å². The third-order valence-corrected chi connectivity index (χ3v) is 4.48. The average molecular weight is 438 g/mol. The monoisotopic (exact) mass is 438 g/mol. The molecular weight excluding hydrogens is 418 g/mol. The van der Waals surface area contributed by atoms with E-state index in [4.69, 9.17) is 4.74 Å². The van der Waals surface area contributed by atoms with Crippen molar-refractivity contribution in [2.24, 2.45) is 0 Å². The van der Waals surface area contributed by atoms with Gasteiger partial charge in [-0.15, -0.1) is 0 Å². The lowest BCUT2D eigenvalue weighted by atomic mass is 10.0. The lowest BCUT2D eigenvalue weighted by molar-refractivity contribution is -0.147. The first-order valence-corrected chi connectivity index (χ1v) is 9.74. The van der Waals surface area contributed by atoms with E-state index in [2.05, 4.69) is 10.6 Å². The molecule has 0 aliphatic carbocycles. The predicted octanol–water partition coefficient (Wildman–Crippen LogP) is 4.01. The fourth-order valence-corrected chi connectivity index (χ4v) is 2.91. The van der Waals surface area contributed by atoms with Gasteiger partial charge in [0.15, 0.2) is 18.2 Å². The molecule has 8 heteroatoms. The van der Waals surface area contributed by atoms with Gasteiger partial charge in [0.25, 0.3) is 11.8 Å². The summed E-state index contributed by atoms with van der Waals surface area (Å²) in [5.74, 6) is -3.94. The zero-order valence-corrected chi connectivity index (χ0v) is 16.9. The summed E-state index contributed by atoms with van der Waals surface area (Å²) in [7, 11) is 0. The Morgan fingerprint density at radius 1 is 0.844 bits per heavy atom. The van der Waals surface area contributed by atoms with Crippen LogP contribution in [-0.4, -0.2) is 24.4 Å². The van der Waals surface area contributed by atoms with Crippen molar-refractivity contribution in [2.75, 3.05) is 11.9 Å². The van der Waals surface area contributed by atoms with Crippen molar-refractivity contribution in [3.63, 3.8) is 0 Å². The minimum Gasteiger partial charge on any atom is -0.455 e. The van der Waals surface area contributed by atoms with Crippen molar-refractivity contribution in [3.8, 4) is 0 Å². The van der Waals surface area contributed by atoms with Crippen LogP contribution in [0, 0.1) is 11.6 Å². The number of carbonyl (C=O) groups excluding carboxylic acids is 3. The molecule has 0 unspecified atom stereocenters. The molecule has 0 radical (unpaired) electrons. The van der Waals surface area contributed by atoms with Crippen LogP contribution in [0.5, 0.6) is 0 Å². The van der Waals surface area contributed by atoms with Crippen LogP contribution in [0.2, 0.25) is 0 Å². The fourth-order valence-electron chi connectivity index (χ4n) is 2.91. The Balaban J connectivity index is 1.59. The SMILES string of the molecule is O=C(COC(=O)C[C@@H](NC(=O)c1ccccc1)c1ccccc1)Nc1ccc(F)c(F)c1. The van der Waals surface area contributed by atoms with E-state index in [1.165, 1.54) is 6.07 Å². The van der Waals surface area contributed by atoms with E-state index >= 15 is 0 Å². The first kappa shape index (κ1) is 22.6. The van der Waals surface area contributed by atoms with E-state index in [-0.39, 0.29) is 18.0 Å². The van der Waals surface area contributed by atoms with Gasteiger partial charge in [-0.1, -0.05) is 48.5 Å². The molecule has 2 N–H and O–H groups in total. The molecule has 0 saturated heterocycles. The molecule has 0 heterocycles. The Labute approximate surface area is 183 Å². The van der Waals surface area contributed by atoms with Gasteiger partial charge in [-0.3, -0.25) is 14.4 Å². The highest BCUT2D eigenvalue weighted by atomic mass is 19.2. The Hall–Kier alpha value is -4.07. The van der Waals surface area contributed by atoms with E-state index in [0.717, 1.165) is 12.1 Å². The number of hydrogen-bond acceptors (Lipinski definition) is 4. The standard InChI is InChI=1S/C24H20F2N2O4/c25-19-12-11-18(13-20(19)26)27-22(29)15-32-23(30)14-21(16-7-3-1-4-8-16)28-24(31)17-9-5-2-6-10-17/h1-13,21H,14-15H2,(H,27,29)(H,28,31)/t21-/m1/s1. The Kier molecular flexibility index (Phi) is 7.64. The summed E-state index contributed by atoms with van der Waals surface area (Å²) in [4.78, 5) is 36.8. The summed E-state index contributed by atoms with van der Waals surface area (Å²) in [6, 6.07) is 19.6. The second-order valence-electron chi connectivity index (χ2n) is 6.84. The van der Waals surface area contributed by atoms with Gasteiger partial charge in [-0.2, -0.15) is 0 Å². The average Bonchev–Trinajstić information content (AvgIpc) is 2.81. The number of ether oxygens (including phenoxy) is 1. The maximum Gasteiger partial charge on any atom is 0.308 e. The van der Waals surface area contributed by atoms with Crippen molar-refractivity contribution in [3.05, 3.63) is 102 Å². The van der Waals surface area contributed by atoms with Crippen LogP contribution in [0.3, 0.4) is 0 Å². The molecular formula is C24H20F2N2O4. The molecule has 164 valence electrons. The third kappa shape index (κ3) is 6.46. The van der Waals surface area contributed by atoms with Gasteiger partial charge in [0, 0.05) is 17.3 Å². The highest BCUT2D eigenvalue weighted by molar-refractivity contribution is 5.95. The second-order valence-corrected chi connectivity index (χ2v) is 6.84. The molecule has 0 fully saturated rings. The van der Waals surface area contributed by atoms with E-state index in [0.29, 0.717) is 11.1 Å². The predicted molar refractivity (Wildman–Crippen MR) is 114 cm³/mol.